The number of ether oxygens (including phenoxy) is 1. The molecule has 1 saturated heterocycles. The van der Waals surface area contributed by atoms with Crippen molar-refractivity contribution in [1.82, 2.24) is 4.90 Å². The van der Waals surface area contributed by atoms with E-state index in [1.165, 1.54) is 0 Å². The highest BCUT2D eigenvalue weighted by Crippen LogP contribution is 2.27. The second kappa shape index (κ2) is 5.27. The van der Waals surface area contributed by atoms with Crippen molar-refractivity contribution in [2.75, 3.05) is 45.2 Å². The molecule has 1 heterocycles. The summed E-state index contributed by atoms with van der Waals surface area (Å²) >= 11 is 0. The molecule has 18 heavy (non-hydrogen) atoms. The predicted octanol–water partition coefficient (Wildman–Crippen LogP) is 1.15. The van der Waals surface area contributed by atoms with Gasteiger partial charge in [0.25, 0.3) is 0 Å². The maximum absolute atomic E-state index is 11.3. The molecular weight excluding hydrogens is 232 g/mol. The van der Waals surface area contributed by atoms with E-state index in [2.05, 4.69) is 16.8 Å². The first-order valence-electron chi connectivity index (χ1n) is 5.96. The van der Waals surface area contributed by atoms with Crippen LogP contribution in [0.15, 0.2) is 18.2 Å². The van der Waals surface area contributed by atoms with Gasteiger partial charge in [-0.05, 0) is 19.2 Å². The van der Waals surface area contributed by atoms with Crippen molar-refractivity contribution in [2.45, 2.75) is 0 Å². The fourth-order valence-electron chi connectivity index (χ4n) is 2.13. The zero-order valence-corrected chi connectivity index (χ0v) is 10.7. The smallest absolute Gasteiger partial charge is 0.337 e. The van der Waals surface area contributed by atoms with Gasteiger partial charge in [-0.15, -0.1) is 0 Å². The van der Waals surface area contributed by atoms with Gasteiger partial charge in [0.1, 0.15) is 5.75 Å². The van der Waals surface area contributed by atoms with Gasteiger partial charge in [-0.25, -0.2) is 4.79 Å². The molecule has 1 aliphatic rings. The largest absolute Gasteiger partial charge is 0.497 e. The van der Waals surface area contributed by atoms with E-state index in [-0.39, 0.29) is 0 Å². The molecule has 0 radical (unpaired) electrons. The highest BCUT2D eigenvalue weighted by atomic mass is 16.5. The lowest BCUT2D eigenvalue weighted by Crippen LogP contribution is -2.45. The molecule has 1 aliphatic heterocycles. The number of benzene rings is 1. The zero-order chi connectivity index (χ0) is 13.1. The summed E-state index contributed by atoms with van der Waals surface area (Å²) in [5, 5.41) is 9.23. The van der Waals surface area contributed by atoms with Crippen LogP contribution in [0.4, 0.5) is 5.69 Å². The second-order valence-corrected chi connectivity index (χ2v) is 4.48. The first kappa shape index (κ1) is 12.7. The van der Waals surface area contributed by atoms with Crippen LogP contribution in [0.1, 0.15) is 10.4 Å². The van der Waals surface area contributed by atoms with E-state index in [0.717, 1.165) is 31.9 Å². The average Bonchev–Trinajstić information content (AvgIpc) is 2.38. The summed E-state index contributed by atoms with van der Waals surface area (Å²) in [6.07, 6.45) is 0. The molecule has 1 N–H and O–H groups in total. The van der Waals surface area contributed by atoms with Crippen LogP contribution < -0.4 is 9.64 Å². The topological polar surface area (TPSA) is 53.0 Å². The van der Waals surface area contributed by atoms with Gasteiger partial charge in [0, 0.05) is 32.2 Å². The molecule has 1 aromatic carbocycles. The third-order valence-electron chi connectivity index (χ3n) is 3.28. The van der Waals surface area contributed by atoms with Crippen molar-refractivity contribution in [1.29, 1.82) is 0 Å². The number of rotatable bonds is 3. The molecule has 0 atom stereocenters. The monoisotopic (exact) mass is 250 g/mol. The first-order valence-corrected chi connectivity index (χ1v) is 5.96. The van der Waals surface area contributed by atoms with Crippen LogP contribution in [0.5, 0.6) is 5.75 Å². The minimum Gasteiger partial charge on any atom is -0.497 e. The van der Waals surface area contributed by atoms with Gasteiger partial charge < -0.3 is 19.6 Å². The molecule has 1 aromatic rings. The summed E-state index contributed by atoms with van der Waals surface area (Å²) in [5.41, 5.74) is 1.08. The fourth-order valence-corrected chi connectivity index (χ4v) is 2.13. The first-order chi connectivity index (χ1) is 8.61. The van der Waals surface area contributed by atoms with Crippen LogP contribution in [-0.4, -0.2) is 56.3 Å². The Hall–Kier alpha value is -1.75. The third-order valence-corrected chi connectivity index (χ3v) is 3.28. The van der Waals surface area contributed by atoms with Crippen LogP contribution >= 0.6 is 0 Å². The highest BCUT2D eigenvalue weighted by Gasteiger charge is 2.20. The van der Waals surface area contributed by atoms with Gasteiger partial charge in [-0.1, -0.05) is 0 Å². The molecule has 0 unspecified atom stereocenters. The molecular formula is C13H18N2O3. The molecule has 0 bridgehead atoms. The van der Waals surface area contributed by atoms with Crippen molar-refractivity contribution >= 4 is 11.7 Å². The highest BCUT2D eigenvalue weighted by molar-refractivity contribution is 5.94. The second-order valence-electron chi connectivity index (χ2n) is 4.48. The Balaban J connectivity index is 2.31. The quantitative estimate of drug-likeness (QED) is 0.872. The lowest BCUT2D eigenvalue weighted by molar-refractivity contribution is 0.0697. The van der Waals surface area contributed by atoms with Crippen LogP contribution in [0.2, 0.25) is 0 Å². The number of anilines is 1. The van der Waals surface area contributed by atoms with Crippen molar-refractivity contribution < 1.29 is 14.6 Å². The Morgan fingerprint density at radius 1 is 1.28 bits per heavy atom. The number of carboxylic acid groups (broad SMARTS) is 1. The molecule has 5 nitrogen and oxygen atoms in total. The van der Waals surface area contributed by atoms with Crippen molar-refractivity contribution in [2.24, 2.45) is 0 Å². The summed E-state index contributed by atoms with van der Waals surface area (Å²) in [7, 11) is 3.66. The summed E-state index contributed by atoms with van der Waals surface area (Å²) in [6, 6.07) is 5.09. The van der Waals surface area contributed by atoms with Crippen LogP contribution in [0.3, 0.4) is 0 Å². The lowest BCUT2D eigenvalue weighted by Gasteiger charge is -2.34. The van der Waals surface area contributed by atoms with Gasteiger partial charge in [0.15, 0.2) is 0 Å². The number of likely N-dealkylation sites (N-methyl/N-ethyl adjacent to an activating group) is 1. The number of carbonyl (C=O) groups is 1. The molecule has 0 aromatic heterocycles. The number of hydrogen-bond acceptors (Lipinski definition) is 4. The van der Waals surface area contributed by atoms with Crippen molar-refractivity contribution in [3.05, 3.63) is 23.8 Å². The number of aromatic carboxylic acids is 1. The summed E-state index contributed by atoms with van der Waals surface area (Å²) in [4.78, 5) is 15.6. The number of methoxy groups -OCH3 is 1. The predicted molar refractivity (Wildman–Crippen MR) is 69.7 cm³/mol. The standard InChI is InChI=1S/C13H18N2O3/c1-14-5-7-15(8-6-14)12-9-10(18-2)3-4-11(12)13(16)17/h3-4,9H,5-8H2,1-2H3,(H,16,17). The fraction of sp³-hybridized carbons (Fsp3) is 0.462. The van der Waals surface area contributed by atoms with Gasteiger partial charge in [-0.2, -0.15) is 0 Å². The summed E-state index contributed by atoms with van der Waals surface area (Å²) in [5.74, 6) is -0.208. The summed E-state index contributed by atoms with van der Waals surface area (Å²) < 4.78 is 5.17. The Morgan fingerprint density at radius 2 is 1.94 bits per heavy atom. The SMILES string of the molecule is COc1ccc(C(=O)O)c(N2CCN(C)CC2)c1. The van der Waals surface area contributed by atoms with E-state index >= 15 is 0 Å². The van der Waals surface area contributed by atoms with Crippen LogP contribution in [0, 0.1) is 0 Å². The molecule has 2 rings (SSSR count). The van der Waals surface area contributed by atoms with Crippen molar-refractivity contribution in [3.63, 3.8) is 0 Å². The van der Waals surface area contributed by atoms with Crippen molar-refractivity contribution in [3.8, 4) is 5.75 Å². The average molecular weight is 250 g/mol. The molecule has 0 saturated carbocycles. The molecule has 0 aliphatic carbocycles. The summed E-state index contributed by atoms with van der Waals surface area (Å²) in [6.45, 7) is 3.56. The Kier molecular flexibility index (Phi) is 3.72. The maximum Gasteiger partial charge on any atom is 0.337 e. The van der Waals surface area contributed by atoms with Gasteiger partial charge >= 0.3 is 5.97 Å². The molecule has 0 spiro atoms. The number of carboxylic acids is 1. The Labute approximate surface area is 107 Å². The molecule has 98 valence electrons. The van der Waals surface area contributed by atoms with E-state index in [4.69, 9.17) is 4.74 Å². The number of piperazine rings is 1. The molecule has 0 amide bonds. The Bertz CT molecular complexity index is 440. The van der Waals surface area contributed by atoms with E-state index < -0.39 is 5.97 Å². The lowest BCUT2D eigenvalue weighted by atomic mass is 10.1. The zero-order valence-electron chi connectivity index (χ0n) is 10.7. The number of hydrogen-bond donors (Lipinski definition) is 1. The Morgan fingerprint density at radius 3 is 2.50 bits per heavy atom. The molecule has 1 fully saturated rings. The third kappa shape index (κ3) is 2.56. The van der Waals surface area contributed by atoms with Crippen LogP contribution in [-0.2, 0) is 0 Å². The van der Waals surface area contributed by atoms with E-state index in [9.17, 15) is 9.90 Å². The minimum absolute atomic E-state index is 0.334. The maximum atomic E-state index is 11.3. The van der Waals surface area contributed by atoms with E-state index in [0.29, 0.717) is 11.3 Å². The normalized spacial score (nSPS) is 16.7. The van der Waals surface area contributed by atoms with E-state index in [1.807, 2.05) is 0 Å². The van der Waals surface area contributed by atoms with Gasteiger partial charge in [0.05, 0.1) is 18.4 Å². The van der Waals surface area contributed by atoms with Gasteiger partial charge in [-0.3, -0.25) is 0 Å². The van der Waals surface area contributed by atoms with E-state index in [1.54, 1.807) is 25.3 Å². The number of nitrogens with zero attached hydrogens (tertiary/aromatic N) is 2. The molecule has 5 heteroatoms. The van der Waals surface area contributed by atoms with Crippen LogP contribution in [0.25, 0.3) is 0 Å². The minimum atomic E-state index is -0.897. The van der Waals surface area contributed by atoms with Gasteiger partial charge in [0.2, 0.25) is 0 Å².